The fraction of sp³-hybridized carbons (Fsp3) is 0.643. The number of nitrogens with zero attached hydrogens (tertiary/aromatic N) is 1. The van der Waals surface area contributed by atoms with Crippen molar-refractivity contribution in [3.63, 3.8) is 0 Å². The van der Waals surface area contributed by atoms with Crippen LogP contribution in [0.25, 0.3) is 0 Å². The van der Waals surface area contributed by atoms with Gasteiger partial charge >= 0.3 is 0 Å². The Kier molecular flexibility index (Phi) is 5.05. The highest BCUT2D eigenvalue weighted by Crippen LogP contribution is 2.21. The lowest BCUT2D eigenvalue weighted by Crippen LogP contribution is -2.27. The van der Waals surface area contributed by atoms with Gasteiger partial charge in [0.15, 0.2) is 0 Å². The third-order valence-corrected chi connectivity index (χ3v) is 5.49. The zero-order chi connectivity index (χ0) is 15.5. The Morgan fingerprint density at radius 2 is 2.05 bits per heavy atom. The van der Waals surface area contributed by atoms with E-state index in [0.29, 0.717) is 25.6 Å². The Morgan fingerprint density at radius 1 is 1.38 bits per heavy atom. The van der Waals surface area contributed by atoms with Gasteiger partial charge in [0.25, 0.3) is 5.91 Å². The highest BCUT2D eigenvalue weighted by atomic mass is 32.2. The molecule has 0 atom stereocenters. The van der Waals surface area contributed by atoms with Crippen molar-refractivity contribution in [1.82, 2.24) is 14.6 Å². The Morgan fingerprint density at radius 3 is 2.67 bits per heavy atom. The average Bonchev–Trinajstić information content (AvgIpc) is 3.10. The van der Waals surface area contributed by atoms with Gasteiger partial charge in [-0.1, -0.05) is 13.8 Å². The summed E-state index contributed by atoms with van der Waals surface area (Å²) in [6.07, 6.45) is 4.08. The molecule has 118 valence electrons. The minimum absolute atomic E-state index is 0.165. The zero-order valence-corrected chi connectivity index (χ0v) is 13.4. The number of hydrogen-bond acceptors (Lipinski definition) is 3. The monoisotopic (exact) mass is 313 g/mol. The van der Waals surface area contributed by atoms with Crippen LogP contribution in [0.3, 0.4) is 0 Å². The van der Waals surface area contributed by atoms with Gasteiger partial charge in [-0.25, -0.2) is 8.42 Å². The van der Waals surface area contributed by atoms with E-state index >= 15 is 0 Å². The van der Waals surface area contributed by atoms with Gasteiger partial charge in [0, 0.05) is 25.8 Å². The standard InChI is InChI=1S/C14H23N3O3S/c1-11(2)5-6-15-14(18)13-9-12(10-16-13)21(19,20)17-7-3-4-8-17/h9-11,16H,3-8H2,1-2H3,(H,15,18). The highest BCUT2D eigenvalue weighted by molar-refractivity contribution is 7.89. The van der Waals surface area contributed by atoms with Gasteiger partial charge in [0.1, 0.15) is 10.6 Å². The highest BCUT2D eigenvalue weighted by Gasteiger charge is 2.28. The lowest BCUT2D eigenvalue weighted by Gasteiger charge is -2.13. The molecule has 1 aromatic rings. The van der Waals surface area contributed by atoms with Gasteiger partial charge in [-0.2, -0.15) is 4.31 Å². The predicted octanol–water partition coefficient (Wildman–Crippen LogP) is 1.58. The molecule has 2 heterocycles. The third-order valence-electron chi connectivity index (χ3n) is 3.61. The maximum absolute atomic E-state index is 12.3. The summed E-state index contributed by atoms with van der Waals surface area (Å²) in [7, 11) is -3.46. The second-order valence-electron chi connectivity index (χ2n) is 5.80. The summed E-state index contributed by atoms with van der Waals surface area (Å²) in [6, 6.07) is 1.42. The molecule has 6 nitrogen and oxygen atoms in total. The third kappa shape index (κ3) is 3.85. The summed E-state index contributed by atoms with van der Waals surface area (Å²) in [5.41, 5.74) is 0.288. The number of aromatic nitrogens is 1. The molecule has 1 aliphatic rings. The minimum atomic E-state index is -3.46. The molecule has 0 saturated carbocycles. The molecule has 0 unspecified atom stereocenters. The molecule has 2 N–H and O–H groups in total. The first kappa shape index (κ1) is 16.0. The van der Waals surface area contributed by atoms with Crippen molar-refractivity contribution in [2.75, 3.05) is 19.6 Å². The van der Waals surface area contributed by atoms with E-state index in [4.69, 9.17) is 0 Å². The largest absolute Gasteiger partial charge is 0.356 e. The molecule has 1 aliphatic heterocycles. The Balaban J connectivity index is 2.02. The Bertz CT molecular complexity index is 586. The van der Waals surface area contributed by atoms with Crippen molar-refractivity contribution in [1.29, 1.82) is 0 Å². The topological polar surface area (TPSA) is 82.3 Å². The summed E-state index contributed by atoms with van der Waals surface area (Å²) in [5.74, 6) is 0.249. The minimum Gasteiger partial charge on any atom is -0.356 e. The van der Waals surface area contributed by atoms with E-state index in [1.54, 1.807) is 0 Å². The lowest BCUT2D eigenvalue weighted by atomic mass is 10.1. The molecule has 1 saturated heterocycles. The van der Waals surface area contributed by atoms with Crippen LogP contribution >= 0.6 is 0 Å². The predicted molar refractivity (Wildman–Crippen MR) is 80.6 cm³/mol. The summed E-state index contributed by atoms with van der Waals surface area (Å²) in [5, 5.41) is 2.79. The number of amides is 1. The van der Waals surface area contributed by atoms with Crippen molar-refractivity contribution < 1.29 is 13.2 Å². The van der Waals surface area contributed by atoms with E-state index in [-0.39, 0.29) is 16.5 Å². The van der Waals surface area contributed by atoms with E-state index in [2.05, 4.69) is 24.1 Å². The van der Waals surface area contributed by atoms with Crippen LogP contribution in [0.15, 0.2) is 17.2 Å². The molecule has 0 aromatic carbocycles. The number of sulfonamides is 1. The number of H-pyrrole nitrogens is 1. The molecule has 1 fully saturated rings. The van der Waals surface area contributed by atoms with E-state index in [0.717, 1.165) is 19.3 Å². The van der Waals surface area contributed by atoms with Gasteiger partial charge in [-0.15, -0.1) is 0 Å². The van der Waals surface area contributed by atoms with E-state index < -0.39 is 10.0 Å². The SMILES string of the molecule is CC(C)CCNC(=O)c1cc(S(=O)(=O)N2CCCC2)c[nH]1. The lowest BCUT2D eigenvalue weighted by molar-refractivity contribution is 0.0947. The smallest absolute Gasteiger partial charge is 0.267 e. The number of carbonyl (C=O) groups excluding carboxylic acids is 1. The van der Waals surface area contributed by atoms with Crippen LogP contribution in [0.1, 0.15) is 43.6 Å². The average molecular weight is 313 g/mol. The number of nitrogens with one attached hydrogen (secondary N) is 2. The maximum atomic E-state index is 12.3. The number of rotatable bonds is 6. The van der Waals surface area contributed by atoms with Crippen LogP contribution in [0.2, 0.25) is 0 Å². The van der Waals surface area contributed by atoms with Crippen LogP contribution in [-0.4, -0.2) is 43.2 Å². The van der Waals surface area contributed by atoms with Gasteiger partial charge in [-0.3, -0.25) is 4.79 Å². The molecule has 1 amide bonds. The number of hydrogen-bond donors (Lipinski definition) is 2. The molecule has 1 aromatic heterocycles. The fourth-order valence-electron chi connectivity index (χ4n) is 2.30. The number of carbonyl (C=O) groups is 1. The molecular weight excluding hydrogens is 290 g/mol. The van der Waals surface area contributed by atoms with Gasteiger partial charge < -0.3 is 10.3 Å². The van der Waals surface area contributed by atoms with Crippen LogP contribution in [0, 0.1) is 5.92 Å². The summed E-state index contributed by atoms with van der Waals surface area (Å²) in [4.78, 5) is 14.9. The van der Waals surface area contributed by atoms with E-state index in [1.165, 1.54) is 16.6 Å². The van der Waals surface area contributed by atoms with Crippen molar-refractivity contribution >= 4 is 15.9 Å². The molecule has 21 heavy (non-hydrogen) atoms. The van der Waals surface area contributed by atoms with Gasteiger partial charge in [-0.05, 0) is 31.2 Å². The van der Waals surface area contributed by atoms with Crippen LogP contribution in [0.5, 0.6) is 0 Å². The molecule has 0 bridgehead atoms. The molecule has 0 aliphatic carbocycles. The van der Waals surface area contributed by atoms with E-state index in [1.807, 2.05) is 0 Å². The van der Waals surface area contributed by atoms with Gasteiger partial charge in [0.05, 0.1) is 0 Å². The summed E-state index contributed by atoms with van der Waals surface area (Å²) in [6.45, 7) is 5.87. The van der Waals surface area contributed by atoms with Crippen LogP contribution in [-0.2, 0) is 10.0 Å². The molecule has 0 spiro atoms. The molecule has 7 heteroatoms. The number of aromatic amines is 1. The van der Waals surface area contributed by atoms with Crippen molar-refractivity contribution in [2.24, 2.45) is 5.92 Å². The first-order chi connectivity index (χ1) is 9.91. The van der Waals surface area contributed by atoms with Gasteiger partial charge in [0.2, 0.25) is 10.0 Å². The van der Waals surface area contributed by atoms with E-state index in [9.17, 15) is 13.2 Å². The normalized spacial score (nSPS) is 16.5. The summed E-state index contributed by atoms with van der Waals surface area (Å²) >= 11 is 0. The van der Waals surface area contributed by atoms with Crippen LogP contribution < -0.4 is 5.32 Å². The zero-order valence-electron chi connectivity index (χ0n) is 12.6. The van der Waals surface area contributed by atoms with Crippen molar-refractivity contribution in [3.05, 3.63) is 18.0 Å². The molecule has 0 radical (unpaired) electrons. The molecular formula is C14H23N3O3S. The quantitative estimate of drug-likeness (QED) is 0.836. The second kappa shape index (κ2) is 6.62. The Labute approximate surface area is 126 Å². The van der Waals surface area contributed by atoms with Crippen molar-refractivity contribution in [3.8, 4) is 0 Å². The van der Waals surface area contributed by atoms with Crippen LogP contribution in [0.4, 0.5) is 0 Å². The Hall–Kier alpha value is -1.34. The second-order valence-corrected chi connectivity index (χ2v) is 7.74. The first-order valence-corrected chi connectivity index (χ1v) is 8.82. The maximum Gasteiger partial charge on any atom is 0.267 e. The molecule has 2 rings (SSSR count). The first-order valence-electron chi connectivity index (χ1n) is 7.38. The van der Waals surface area contributed by atoms with Crippen molar-refractivity contribution in [2.45, 2.75) is 38.0 Å². The summed E-state index contributed by atoms with van der Waals surface area (Å²) < 4.78 is 26.2. The fourth-order valence-corrected chi connectivity index (χ4v) is 3.81.